The predicted molar refractivity (Wildman–Crippen MR) is 111 cm³/mol. The van der Waals surface area contributed by atoms with Gasteiger partial charge in [0.05, 0.1) is 6.54 Å². The second-order valence-electron chi connectivity index (χ2n) is 5.77. The summed E-state index contributed by atoms with van der Waals surface area (Å²) < 4.78 is 29.0. The second kappa shape index (κ2) is 15.0. The molecule has 150 valence electrons. The summed E-state index contributed by atoms with van der Waals surface area (Å²) in [4.78, 5) is 4.49. The normalized spacial score (nSPS) is 12.5. The molecule has 26 heavy (non-hydrogen) atoms. The van der Waals surface area contributed by atoms with Crippen molar-refractivity contribution in [2.75, 3.05) is 19.7 Å². The third kappa shape index (κ3) is 10.7. The first-order valence-corrected chi connectivity index (χ1v) is 8.75. The summed E-state index contributed by atoms with van der Waals surface area (Å²) in [6, 6.07) is 6.54. The highest BCUT2D eigenvalue weighted by Gasteiger charge is 2.08. The summed E-state index contributed by atoms with van der Waals surface area (Å²) >= 11 is 0. The van der Waals surface area contributed by atoms with Gasteiger partial charge in [-0.2, -0.15) is 8.78 Å². The van der Waals surface area contributed by atoms with Crippen molar-refractivity contribution in [3.05, 3.63) is 29.8 Å². The Morgan fingerprint density at radius 3 is 2.62 bits per heavy atom. The Bertz CT molecular complexity index is 513. The van der Waals surface area contributed by atoms with Gasteiger partial charge in [0.1, 0.15) is 5.75 Å². The third-order valence-electron chi connectivity index (χ3n) is 3.68. The molecule has 1 atom stereocenters. The molecule has 0 amide bonds. The number of aliphatic hydroxyl groups excluding tert-OH is 1. The number of halogens is 3. The zero-order chi connectivity index (χ0) is 18.5. The van der Waals surface area contributed by atoms with Crippen molar-refractivity contribution in [3.8, 4) is 5.75 Å². The zero-order valence-electron chi connectivity index (χ0n) is 15.4. The lowest BCUT2D eigenvalue weighted by atomic mass is 10.0. The summed E-state index contributed by atoms with van der Waals surface area (Å²) in [5.74, 6) is 1.19. The topological polar surface area (TPSA) is 65.9 Å². The molecular formula is C18H30F2IN3O2. The second-order valence-corrected chi connectivity index (χ2v) is 5.77. The van der Waals surface area contributed by atoms with Gasteiger partial charge in [0.15, 0.2) is 5.96 Å². The Morgan fingerprint density at radius 1 is 1.23 bits per heavy atom. The van der Waals surface area contributed by atoms with E-state index < -0.39 is 6.61 Å². The number of alkyl halides is 2. The highest BCUT2D eigenvalue weighted by atomic mass is 127. The lowest BCUT2D eigenvalue weighted by Gasteiger charge is -2.18. The van der Waals surface area contributed by atoms with E-state index in [4.69, 9.17) is 5.11 Å². The molecule has 0 aromatic heterocycles. The molecule has 0 aliphatic rings. The summed E-state index contributed by atoms with van der Waals surface area (Å²) in [5, 5.41) is 15.6. The van der Waals surface area contributed by atoms with Crippen molar-refractivity contribution >= 4 is 29.9 Å². The van der Waals surface area contributed by atoms with Crippen molar-refractivity contribution in [1.82, 2.24) is 10.6 Å². The molecule has 5 nitrogen and oxygen atoms in total. The van der Waals surface area contributed by atoms with E-state index >= 15 is 0 Å². The van der Waals surface area contributed by atoms with E-state index in [2.05, 4.69) is 27.3 Å². The minimum absolute atomic E-state index is 0. The Balaban J connectivity index is 0.00000625. The summed E-state index contributed by atoms with van der Waals surface area (Å²) in [6.45, 7) is 3.25. The van der Waals surface area contributed by atoms with E-state index in [0.717, 1.165) is 37.9 Å². The molecule has 8 heteroatoms. The van der Waals surface area contributed by atoms with Gasteiger partial charge < -0.3 is 20.5 Å². The number of hydrogen-bond acceptors (Lipinski definition) is 3. The fraction of sp³-hybridized carbons (Fsp3) is 0.611. The van der Waals surface area contributed by atoms with Crippen LogP contribution >= 0.6 is 24.0 Å². The Hall–Kier alpha value is -1.16. The maximum Gasteiger partial charge on any atom is 0.387 e. The molecule has 0 fully saturated rings. The van der Waals surface area contributed by atoms with Gasteiger partial charge in [-0.1, -0.05) is 25.5 Å². The van der Waals surface area contributed by atoms with Gasteiger partial charge in [-0.05, 0) is 43.4 Å². The van der Waals surface area contributed by atoms with Crippen LogP contribution in [0, 0.1) is 5.92 Å². The van der Waals surface area contributed by atoms with Gasteiger partial charge in [-0.15, -0.1) is 24.0 Å². The van der Waals surface area contributed by atoms with Crippen LogP contribution in [0.1, 0.15) is 38.7 Å². The van der Waals surface area contributed by atoms with Crippen LogP contribution < -0.4 is 15.4 Å². The molecular weight excluding hydrogens is 455 g/mol. The monoisotopic (exact) mass is 485 g/mol. The number of guanidine groups is 1. The standard InChI is InChI=1S/C18H29F2N3O2.HI/c1-3-6-14(9-10-24)12-22-18(21-4-2)23-13-15-7-5-8-16(11-15)25-17(19)20;/h5,7-8,11,14,17,24H,3-4,6,9-10,12-13H2,1-2H3,(H2,21,22,23);1H. The average molecular weight is 485 g/mol. The summed E-state index contributed by atoms with van der Waals surface area (Å²) in [6.07, 6.45) is 2.87. The number of hydrogen-bond donors (Lipinski definition) is 3. The Labute approximate surface area is 171 Å². The molecule has 0 saturated carbocycles. The first-order chi connectivity index (χ1) is 12.1. The van der Waals surface area contributed by atoms with Crippen molar-refractivity contribution in [3.63, 3.8) is 0 Å². The molecule has 3 N–H and O–H groups in total. The highest BCUT2D eigenvalue weighted by molar-refractivity contribution is 14.0. The SMILES string of the molecule is CCCC(CCO)CNC(=NCc1cccc(OC(F)F)c1)NCC.I. The van der Waals surface area contributed by atoms with Crippen LogP contribution in [0.5, 0.6) is 5.75 Å². The first kappa shape index (κ1) is 24.8. The molecule has 1 aromatic carbocycles. The third-order valence-corrected chi connectivity index (χ3v) is 3.68. The van der Waals surface area contributed by atoms with E-state index in [1.165, 1.54) is 6.07 Å². The molecule has 0 radical (unpaired) electrons. The largest absolute Gasteiger partial charge is 0.435 e. The summed E-state index contributed by atoms with van der Waals surface area (Å²) in [7, 11) is 0. The van der Waals surface area contributed by atoms with Crippen molar-refractivity contribution in [1.29, 1.82) is 0 Å². The Kier molecular flexibility index (Phi) is 14.3. The zero-order valence-corrected chi connectivity index (χ0v) is 17.7. The molecule has 0 aliphatic heterocycles. The quantitative estimate of drug-likeness (QED) is 0.254. The first-order valence-electron chi connectivity index (χ1n) is 8.75. The van der Waals surface area contributed by atoms with Gasteiger partial charge in [0.2, 0.25) is 0 Å². The molecule has 1 unspecified atom stereocenters. The lowest BCUT2D eigenvalue weighted by molar-refractivity contribution is -0.0498. The van der Waals surface area contributed by atoms with Crippen LogP contribution in [0.3, 0.4) is 0 Å². The number of aliphatic hydroxyl groups is 1. The fourth-order valence-corrected chi connectivity index (χ4v) is 2.51. The Morgan fingerprint density at radius 2 is 2.00 bits per heavy atom. The summed E-state index contributed by atoms with van der Waals surface area (Å²) in [5.41, 5.74) is 0.788. The molecule has 1 aromatic rings. The minimum atomic E-state index is -2.83. The molecule has 0 aliphatic carbocycles. The van der Waals surface area contributed by atoms with Crippen LogP contribution in [0.25, 0.3) is 0 Å². The smallest absolute Gasteiger partial charge is 0.387 e. The van der Waals surface area contributed by atoms with Gasteiger partial charge in [0, 0.05) is 19.7 Å². The number of aliphatic imine (C=N–C) groups is 1. The number of nitrogens with zero attached hydrogens (tertiary/aromatic N) is 1. The van der Waals surface area contributed by atoms with Crippen LogP contribution in [-0.4, -0.2) is 37.4 Å². The molecule has 0 bridgehead atoms. The van der Waals surface area contributed by atoms with Crippen molar-refractivity contribution < 1.29 is 18.6 Å². The number of ether oxygens (including phenoxy) is 1. The molecule has 1 rings (SSSR count). The minimum Gasteiger partial charge on any atom is -0.435 e. The van der Waals surface area contributed by atoms with E-state index in [1.807, 2.05) is 13.0 Å². The highest BCUT2D eigenvalue weighted by Crippen LogP contribution is 2.16. The van der Waals surface area contributed by atoms with Gasteiger partial charge >= 0.3 is 6.61 Å². The number of rotatable bonds is 11. The molecule has 0 spiro atoms. The number of benzene rings is 1. The van der Waals surface area contributed by atoms with Crippen molar-refractivity contribution in [2.24, 2.45) is 10.9 Å². The van der Waals surface area contributed by atoms with E-state index in [1.54, 1.807) is 12.1 Å². The fourth-order valence-electron chi connectivity index (χ4n) is 2.51. The van der Waals surface area contributed by atoms with Gasteiger partial charge in [-0.3, -0.25) is 0 Å². The predicted octanol–water partition coefficient (Wildman–Crippen LogP) is 3.76. The lowest BCUT2D eigenvalue weighted by Crippen LogP contribution is -2.40. The van der Waals surface area contributed by atoms with Crippen LogP contribution in [-0.2, 0) is 6.54 Å². The van der Waals surface area contributed by atoms with Gasteiger partial charge in [0.25, 0.3) is 0 Å². The molecule has 0 heterocycles. The van der Waals surface area contributed by atoms with Crippen LogP contribution in [0.15, 0.2) is 29.3 Å². The molecule has 0 saturated heterocycles. The van der Waals surface area contributed by atoms with E-state index in [-0.39, 0.29) is 36.3 Å². The van der Waals surface area contributed by atoms with Gasteiger partial charge in [-0.25, -0.2) is 4.99 Å². The number of nitrogens with one attached hydrogen (secondary N) is 2. The maximum atomic E-state index is 12.3. The van der Waals surface area contributed by atoms with E-state index in [9.17, 15) is 8.78 Å². The van der Waals surface area contributed by atoms with Crippen LogP contribution in [0.4, 0.5) is 8.78 Å². The average Bonchev–Trinajstić information content (AvgIpc) is 2.57. The van der Waals surface area contributed by atoms with Crippen LogP contribution in [0.2, 0.25) is 0 Å². The van der Waals surface area contributed by atoms with Crippen molar-refractivity contribution in [2.45, 2.75) is 46.3 Å². The van der Waals surface area contributed by atoms with E-state index in [0.29, 0.717) is 18.4 Å². The maximum absolute atomic E-state index is 12.3.